The number of nitrogens with zero attached hydrogens (tertiary/aromatic N) is 1. The first-order valence-corrected chi connectivity index (χ1v) is 8.39. The van der Waals surface area contributed by atoms with Crippen LogP contribution in [-0.2, 0) is 9.47 Å². The van der Waals surface area contributed by atoms with Gasteiger partial charge < -0.3 is 29.9 Å². The molecular weight excluding hydrogens is 284 g/mol. The van der Waals surface area contributed by atoms with E-state index < -0.39 is 12.2 Å². The Labute approximate surface area is 133 Å². The Morgan fingerprint density at radius 1 is 1.14 bits per heavy atom. The van der Waals surface area contributed by atoms with Gasteiger partial charge in [0.25, 0.3) is 0 Å². The first kappa shape index (κ1) is 18.1. The first-order valence-electron chi connectivity index (χ1n) is 8.39. The fourth-order valence-corrected chi connectivity index (χ4v) is 3.56. The fraction of sp³-hybridized carbons (Fsp3) is 1.00. The Hall–Kier alpha value is -0.240. The lowest BCUT2D eigenvalue weighted by Crippen LogP contribution is -2.46. The van der Waals surface area contributed by atoms with Crippen molar-refractivity contribution in [3.63, 3.8) is 0 Å². The number of hydrogen-bond donors (Lipinski definition) is 3. The van der Waals surface area contributed by atoms with Crippen molar-refractivity contribution in [1.82, 2.24) is 10.2 Å². The third-order valence-corrected chi connectivity index (χ3v) is 5.05. The van der Waals surface area contributed by atoms with Crippen LogP contribution in [0, 0.1) is 5.41 Å². The highest BCUT2D eigenvalue weighted by Crippen LogP contribution is 2.38. The number of nitrogens with one attached hydrogen (secondary N) is 1. The molecule has 130 valence electrons. The number of rotatable bonds is 8. The maximum absolute atomic E-state index is 9.94. The van der Waals surface area contributed by atoms with Crippen molar-refractivity contribution in [2.45, 2.75) is 43.9 Å². The van der Waals surface area contributed by atoms with E-state index in [1.807, 2.05) is 0 Å². The highest BCUT2D eigenvalue weighted by atomic mass is 16.5. The van der Waals surface area contributed by atoms with E-state index in [0.717, 1.165) is 32.5 Å². The number of methoxy groups -OCH3 is 1. The van der Waals surface area contributed by atoms with Crippen LogP contribution in [0.5, 0.6) is 0 Å². The van der Waals surface area contributed by atoms with E-state index in [1.54, 1.807) is 7.11 Å². The van der Waals surface area contributed by atoms with Gasteiger partial charge in [0, 0.05) is 25.1 Å². The number of likely N-dealkylation sites (tertiary alicyclic amines) is 1. The Morgan fingerprint density at radius 2 is 1.77 bits per heavy atom. The summed E-state index contributed by atoms with van der Waals surface area (Å²) in [4.78, 5) is 2.35. The lowest BCUT2D eigenvalue weighted by molar-refractivity contribution is 0.00943. The Bertz CT molecular complexity index is 311. The van der Waals surface area contributed by atoms with Crippen molar-refractivity contribution in [2.24, 2.45) is 5.41 Å². The molecule has 2 fully saturated rings. The Balaban J connectivity index is 1.82. The van der Waals surface area contributed by atoms with E-state index in [1.165, 1.54) is 0 Å². The van der Waals surface area contributed by atoms with Crippen molar-refractivity contribution in [2.75, 3.05) is 53.6 Å². The molecule has 0 aromatic heterocycles. The molecular formula is C16H32N2O4. The van der Waals surface area contributed by atoms with E-state index >= 15 is 0 Å². The van der Waals surface area contributed by atoms with Gasteiger partial charge in [0.2, 0.25) is 0 Å². The topological polar surface area (TPSA) is 74.2 Å². The van der Waals surface area contributed by atoms with Crippen LogP contribution in [0.3, 0.4) is 0 Å². The summed E-state index contributed by atoms with van der Waals surface area (Å²) in [6, 6.07) is 0.530. The van der Waals surface area contributed by atoms with Crippen LogP contribution in [-0.4, -0.2) is 87.0 Å². The Kier molecular flexibility index (Phi) is 7.05. The van der Waals surface area contributed by atoms with Gasteiger partial charge in [-0.3, -0.25) is 0 Å². The maximum atomic E-state index is 9.94. The van der Waals surface area contributed by atoms with E-state index in [9.17, 15) is 10.2 Å². The quantitative estimate of drug-likeness (QED) is 0.540. The van der Waals surface area contributed by atoms with Crippen molar-refractivity contribution in [3.05, 3.63) is 0 Å². The molecule has 0 bridgehead atoms. The summed E-state index contributed by atoms with van der Waals surface area (Å²) in [7, 11) is 3.81. The minimum absolute atomic E-state index is 0.171. The van der Waals surface area contributed by atoms with E-state index in [0.29, 0.717) is 38.7 Å². The van der Waals surface area contributed by atoms with Crippen LogP contribution in [0.4, 0.5) is 0 Å². The van der Waals surface area contributed by atoms with Gasteiger partial charge in [-0.2, -0.15) is 0 Å². The lowest BCUT2D eigenvalue weighted by atomic mass is 9.86. The van der Waals surface area contributed by atoms with Gasteiger partial charge in [0.05, 0.1) is 32.0 Å². The molecule has 2 rings (SSSR count). The molecule has 1 heterocycles. The summed E-state index contributed by atoms with van der Waals surface area (Å²) in [6.07, 6.45) is 2.24. The largest absolute Gasteiger partial charge is 0.390 e. The molecule has 0 aromatic carbocycles. The summed E-state index contributed by atoms with van der Waals surface area (Å²) in [5, 5.41) is 23.5. The van der Waals surface area contributed by atoms with Crippen molar-refractivity contribution >= 4 is 0 Å². The normalized spacial score (nSPS) is 34.4. The van der Waals surface area contributed by atoms with Gasteiger partial charge in [-0.25, -0.2) is 0 Å². The number of piperidine rings is 1. The molecule has 1 aliphatic carbocycles. The van der Waals surface area contributed by atoms with Gasteiger partial charge in [0.15, 0.2) is 0 Å². The lowest BCUT2D eigenvalue weighted by Gasteiger charge is -2.34. The summed E-state index contributed by atoms with van der Waals surface area (Å²) in [5.41, 5.74) is -0.171. The molecule has 6 heteroatoms. The predicted molar refractivity (Wildman–Crippen MR) is 84.9 cm³/mol. The van der Waals surface area contributed by atoms with E-state index in [4.69, 9.17) is 9.47 Å². The summed E-state index contributed by atoms with van der Waals surface area (Å²) in [5.74, 6) is 0. The van der Waals surface area contributed by atoms with Crippen LogP contribution in [0.1, 0.15) is 25.7 Å². The van der Waals surface area contributed by atoms with E-state index in [-0.39, 0.29) is 5.41 Å². The Morgan fingerprint density at radius 3 is 2.36 bits per heavy atom. The molecule has 0 aromatic rings. The molecule has 1 saturated heterocycles. The zero-order valence-electron chi connectivity index (χ0n) is 14.0. The number of hydrogen-bond acceptors (Lipinski definition) is 6. The van der Waals surface area contributed by atoms with Crippen LogP contribution < -0.4 is 5.32 Å². The highest BCUT2D eigenvalue weighted by Gasteiger charge is 2.44. The highest BCUT2D eigenvalue weighted by molar-refractivity contribution is 4.96. The smallest absolute Gasteiger partial charge is 0.0806 e. The van der Waals surface area contributed by atoms with Crippen LogP contribution in [0.2, 0.25) is 0 Å². The monoisotopic (exact) mass is 316 g/mol. The first-order chi connectivity index (χ1) is 10.5. The molecule has 3 N–H and O–H groups in total. The van der Waals surface area contributed by atoms with Gasteiger partial charge in [-0.05, 0) is 45.8 Å². The molecule has 2 aliphatic rings. The SMILES string of the molecule is COCCOCC1(CNC2CCN(C)CC2)CC(O)C(O)C1. The zero-order valence-corrected chi connectivity index (χ0v) is 14.0. The van der Waals surface area contributed by atoms with Crippen molar-refractivity contribution in [3.8, 4) is 0 Å². The molecule has 0 amide bonds. The minimum atomic E-state index is -0.634. The molecule has 1 saturated carbocycles. The average Bonchev–Trinajstić information content (AvgIpc) is 2.79. The van der Waals surface area contributed by atoms with E-state index in [2.05, 4.69) is 17.3 Å². The van der Waals surface area contributed by atoms with Gasteiger partial charge in [-0.1, -0.05) is 0 Å². The van der Waals surface area contributed by atoms with Crippen LogP contribution in [0.25, 0.3) is 0 Å². The summed E-state index contributed by atoms with van der Waals surface area (Å²) < 4.78 is 10.7. The fourth-order valence-electron chi connectivity index (χ4n) is 3.56. The predicted octanol–water partition coefficient (Wildman–Crippen LogP) is -0.165. The number of aliphatic hydroxyl groups is 2. The molecule has 22 heavy (non-hydrogen) atoms. The second kappa shape index (κ2) is 8.57. The second-order valence-corrected chi connectivity index (χ2v) is 7.05. The molecule has 1 aliphatic heterocycles. The third-order valence-electron chi connectivity index (χ3n) is 5.05. The zero-order chi connectivity index (χ0) is 16.0. The standard InChI is InChI=1S/C16H32N2O4/c1-18-5-3-13(4-6-18)17-11-16(12-22-8-7-21-2)9-14(19)15(20)10-16/h13-15,17,19-20H,3-12H2,1-2H3. The third kappa shape index (κ3) is 5.15. The van der Waals surface area contributed by atoms with Gasteiger partial charge in [-0.15, -0.1) is 0 Å². The number of ether oxygens (including phenoxy) is 2. The molecule has 0 radical (unpaired) electrons. The minimum Gasteiger partial charge on any atom is -0.390 e. The van der Waals surface area contributed by atoms with Crippen molar-refractivity contribution in [1.29, 1.82) is 0 Å². The molecule has 2 atom stereocenters. The summed E-state index contributed by atoms with van der Waals surface area (Å²) >= 11 is 0. The second-order valence-electron chi connectivity index (χ2n) is 7.05. The molecule has 6 nitrogen and oxygen atoms in total. The van der Waals surface area contributed by atoms with Gasteiger partial charge >= 0.3 is 0 Å². The molecule has 2 unspecified atom stereocenters. The van der Waals surface area contributed by atoms with Gasteiger partial charge in [0.1, 0.15) is 0 Å². The average molecular weight is 316 g/mol. The maximum Gasteiger partial charge on any atom is 0.0806 e. The summed E-state index contributed by atoms with van der Waals surface area (Å²) in [6.45, 7) is 4.73. The van der Waals surface area contributed by atoms with Crippen LogP contribution >= 0.6 is 0 Å². The number of aliphatic hydroxyl groups excluding tert-OH is 2. The van der Waals surface area contributed by atoms with Crippen molar-refractivity contribution < 1.29 is 19.7 Å². The molecule has 0 spiro atoms. The van der Waals surface area contributed by atoms with Crippen LogP contribution in [0.15, 0.2) is 0 Å².